The van der Waals surface area contributed by atoms with Crippen LogP contribution in [0.3, 0.4) is 0 Å². The highest BCUT2D eigenvalue weighted by atomic mass is 28.3. The largest absolute Gasteiger partial charge is 0.478 e. The molecule has 2 aromatic rings. The van der Waals surface area contributed by atoms with Gasteiger partial charge < -0.3 is 14.5 Å². The molecular formula is C15H21N2O3Si. The Morgan fingerprint density at radius 1 is 1.38 bits per heavy atom. The highest BCUT2D eigenvalue weighted by molar-refractivity contribution is 6.48. The fraction of sp³-hybridized carbons (Fsp3) is 0.467. The number of carbonyl (C=O) groups is 1. The Bertz CT molecular complexity index is 658. The Morgan fingerprint density at radius 2 is 2.05 bits per heavy atom. The fourth-order valence-corrected chi connectivity index (χ4v) is 3.10. The average Bonchev–Trinajstić information content (AvgIpc) is 2.76. The molecule has 0 spiro atoms. The first kappa shape index (κ1) is 15.7. The van der Waals surface area contributed by atoms with Crippen molar-refractivity contribution in [2.75, 3.05) is 0 Å². The lowest BCUT2D eigenvalue weighted by Gasteiger charge is -2.30. The Balaban J connectivity index is 2.46. The molecule has 0 fully saturated rings. The number of nitrogens with one attached hydrogen (secondary N) is 1. The molecule has 0 saturated carbocycles. The van der Waals surface area contributed by atoms with E-state index in [0.29, 0.717) is 0 Å². The van der Waals surface area contributed by atoms with E-state index in [4.69, 9.17) is 9.53 Å². The first-order valence-corrected chi connectivity index (χ1v) is 9.29. The average molecular weight is 305 g/mol. The van der Waals surface area contributed by atoms with Crippen LogP contribution in [0.1, 0.15) is 43.1 Å². The number of H-pyrrole nitrogens is 1. The lowest BCUT2D eigenvalue weighted by atomic mass is 9.89. The van der Waals surface area contributed by atoms with E-state index in [1.807, 2.05) is 0 Å². The van der Waals surface area contributed by atoms with Gasteiger partial charge in [0.25, 0.3) is 0 Å². The summed E-state index contributed by atoms with van der Waals surface area (Å²) in [6.45, 7) is 10.5. The number of carboxylic acids is 1. The van der Waals surface area contributed by atoms with Gasteiger partial charge in [-0.1, -0.05) is 20.8 Å². The minimum Gasteiger partial charge on any atom is -0.478 e. The van der Waals surface area contributed by atoms with Crippen LogP contribution in [0, 0.1) is 5.41 Å². The molecule has 5 nitrogen and oxygen atoms in total. The molecule has 1 aromatic carbocycles. The number of nitrogens with zero attached hydrogens (tertiary/aromatic N) is 1. The highest BCUT2D eigenvalue weighted by Crippen LogP contribution is 2.36. The number of fused-ring (bicyclic) bond motifs is 1. The Hall–Kier alpha value is -1.66. The number of aromatic nitrogens is 2. The summed E-state index contributed by atoms with van der Waals surface area (Å²) < 4.78 is 6.10. The second-order valence-electron chi connectivity index (χ2n) is 6.43. The van der Waals surface area contributed by atoms with Crippen molar-refractivity contribution in [1.29, 1.82) is 0 Å². The summed E-state index contributed by atoms with van der Waals surface area (Å²) in [5.74, 6) is -0.185. The number of carboxylic acid groups (broad SMARTS) is 1. The number of rotatable bonds is 4. The summed E-state index contributed by atoms with van der Waals surface area (Å²) in [5, 5.41) is 9.05. The van der Waals surface area contributed by atoms with E-state index in [2.05, 4.69) is 43.8 Å². The van der Waals surface area contributed by atoms with E-state index < -0.39 is 15.0 Å². The molecular weight excluding hydrogens is 284 g/mol. The summed E-state index contributed by atoms with van der Waals surface area (Å²) in [4.78, 5) is 18.8. The van der Waals surface area contributed by atoms with Crippen LogP contribution in [0.25, 0.3) is 11.0 Å². The standard InChI is InChI=1S/C15H21N2O3Si/c1-15(2,3)12(20-21(4)5)13-16-10-7-6-9(14(18)19)8-11(10)17-13/h6-8,12H,1-5H3,(H,16,17)(H,18,19). The lowest BCUT2D eigenvalue weighted by molar-refractivity contribution is 0.0697. The van der Waals surface area contributed by atoms with Crippen molar-refractivity contribution in [2.45, 2.75) is 40.0 Å². The Labute approximate surface area is 126 Å². The molecule has 6 heteroatoms. The van der Waals surface area contributed by atoms with Crippen LogP contribution in [-0.4, -0.2) is 30.1 Å². The number of aromatic carboxylic acids is 1. The third-order valence-corrected chi connectivity index (χ3v) is 3.84. The van der Waals surface area contributed by atoms with Gasteiger partial charge in [-0.05, 0) is 36.7 Å². The molecule has 1 atom stereocenters. The highest BCUT2D eigenvalue weighted by Gasteiger charge is 2.30. The molecule has 2 rings (SSSR count). The first-order chi connectivity index (χ1) is 9.68. The quantitative estimate of drug-likeness (QED) is 0.846. The van der Waals surface area contributed by atoms with Crippen molar-refractivity contribution in [3.63, 3.8) is 0 Å². The van der Waals surface area contributed by atoms with E-state index in [9.17, 15) is 4.79 Å². The number of imidazole rings is 1. The zero-order chi connectivity index (χ0) is 15.8. The molecule has 0 aliphatic carbocycles. The summed E-state index contributed by atoms with van der Waals surface area (Å²) in [6.07, 6.45) is -0.137. The lowest BCUT2D eigenvalue weighted by Crippen LogP contribution is -2.26. The van der Waals surface area contributed by atoms with Gasteiger partial charge in [0.05, 0.1) is 16.6 Å². The van der Waals surface area contributed by atoms with Crippen LogP contribution in [0.15, 0.2) is 18.2 Å². The molecule has 0 bridgehead atoms. The van der Waals surface area contributed by atoms with Gasteiger partial charge in [-0.25, -0.2) is 9.78 Å². The van der Waals surface area contributed by atoms with Crippen LogP contribution < -0.4 is 0 Å². The Morgan fingerprint density at radius 3 is 2.57 bits per heavy atom. The maximum Gasteiger partial charge on any atom is 0.335 e. The monoisotopic (exact) mass is 305 g/mol. The predicted molar refractivity (Wildman–Crippen MR) is 83.8 cm³/mol. The van der Waals surface area contributed by atoms with Gasteiger partial charge in [0, 0.05) is 0 Å². The van der Waals surface area contributed by atoms with E-state index >= 15 is 0 Å². The van der Waals surface area contributed by atoms with Gasteiger partial charge in [-0.3, -0.25) is 0 Å². The number of hydrogen-bond acceptors (Lipinski definition) is 3. The van der Waals surface area contributed by atoms with E-state index in [1.165, 1.54) is 0 Å². The summed E-state index contributed by atoms with van der Waals surface area (Å²) in [7, 11) is -0.875. The van der Waals surface area contributed by atoms with Gasteiger partial charge in [0.15, 0.2) is 0 Å². The first-order valence-electron chi connectivity index (χ1n) is 6.88. The van der Waals surface area contributed by atoms with Crippen molar-refractivity contribution < 1.29 is 14.3 Å². The number of hydrogen-bond donors (Lipinski definition) is 2. The smallest absolute Gasteiger partial charge is 0.335 e. The molecule has 1 heterocycles. The van der Waals surface area contributed by atoms with Crippen molar-refractivity contribution in [3.8, 4) is 0 Å². The molecule has 0 aliphatic rings. The van der Waals surface area contributed by atoms with Gasteiger partial charge in [0.1, 0.15) is 11.9 Å². The van der Waals surface area contributed by atoms with Gasteiger partial charge in [-0.15, -0.1) is 0 Å². The SMILES string of the molecule is C[Si](C)OC(c1nc2ccc(C(=O)O)cc2[nH]1)C(C)(C)C. The zero-order valence-electron chi connectivity index (χ0n) is 13.0. The van der Waals surface area contributed by atoms with Crippen molar-refractivity contribution in [1.82, 2.24) is 9.97 Å². The van der Waals surface area contributed by atoms with Gasteiger partial charge >= 0.3 is 5.97 Å². The predicted octanol–water partition coefficient (Wildman–Crippen LogP) is 3.62. The molecule has 0 amide bonds. The number of benzene rings is 1. The molecule has 113 valence electrons. The topological polar surface area (TPSA) is 75.2 Å². The van der Waals surface area contributed by atoms with Crippen molar-refractivity contribution in [3.05, 3.63) is 29.6 Å². The normalized spacial score (nSPS) is 13.8. The van der Waals surface area contributed by atoms with Crippen LogP contribution in [0.5, 0.6) is 0 Å². The van der Waals surface area contributed by atoms with Gasteiger partial charge in [0.2, 0.25) is 9.04 Å². The molecule has 2 N–H and O–H groups in total. The molecule has 1 unspecified atom stereocenters. The summed E-state index contributed by atoms with van der Waals surface area (Å²) >= 11 is 0. The minimum atomic E-state index is -0.940. The fourth-order valence-electron chi connectivity index (χ4n) is 2.17. The van der Waals surface area contributed by atoms with Crippen molar-refractivity contribution in [2.24, 2.45) is 5.41 Å². The molecule has 0 saturated heterocycles. The summed E-state index contributed by atoms with van der Waals surface area (Å²) in [5.41, 5.74) is 1.64. The third-order valence-electron chi connectivity index (χ3n) is 3.14. The molecule has 21 heavy (non-hydrogen) atoms. The number of aromatic amines is 1. The maximum absolute atomic E-state index is 11.0. The third kappa shape index (κ3) is 3.51. The zero-order valence-corrected chi connectivity index (χ0v) is 14.0. The molecule has 1 radical (unpaired) electrons. The van der Waals surface area contributed by atoms with E-state index in [-0.39, 0.29) is 17.1 Å². The van der Waals surface area contributed by atoms with Crippen LogP contribution in [-0.2, 0) is 4.43 Å². The summed E-state index contributed by atoms with van der Waals surface area (Å²) in [6, 6.07) is 4.90. The molecule has 1 aromatic heterocycles. The van der Waals surface area contributed by atoms with Crippen LogP contribution in [0.2, 0.25) is 13.1 Å². The van der Waals surface area contributed by atoms with Crippen LogP contribution >= 0.6 is 0 Å². The Kier molecular flexibility index (Phi) is 4.20. The maximum atomic E-state index is 11.0. The van der Waals surface area contributed by atoms with Crippen LogP contribution in [0.4, 0.5) is 0 Å². The van der Waals surface area contributed by atoms with Gasteiger partial charge in [-0.2, -0.15) is 0 Å². The van der Waals surface area contributed by atoms with Crippen molar-refractivity contribution >= 4 is 26.0 Å². The minimum absolute atomic E-state index is 0.0918. The second-order valence-corrected chi connectivity index (χ2v) is 8.48. The van der Waals surface area contributed by atoms with E-state index in [0.717, 1.165) is 16.9 Å². The second kappa shape index (κ2) is 5.61. The van der Waals surface area contributed by atoms with E-state index in [1.54, 1.807) is 18.2 Å². The molecule has 0 aliphatic heterocycles.